The first-order valence-corrected chi connectivity index (χ1v) is 25.6. The SMILES string of the molecule is CCCCCCCCCCCCCCCCCC[N+](C)(CCCCCCCCCC)CCC[Si](OCC(C)(C)CO)(OCC(C)(C)CO)OCC(C)(C)CO. The number of aliphatic hydroxyl groups is 3. The van der Waals surface area contributed by atoms with E-state index in [0.29, 0.717) is 25.9 Å². The minimum absolute atomic E-state index is 0.00855. The van der Waals surface area contributed by atoms with Crippen LogP contribution in [0.1, 0.15) is 216 Å². The molecule has 0 aliphatic carbocycles. The highest BCUT2D eigenvalue weighted by molar-refractivity contribution is 6.60. The van der Waals surface area contributed by atoms with Crippen molar-refractivity contribution in [3.05, 3.63) is 0 Å². The quantitative estimate of drug-likeness (QED) is 0.0324. The van der Waals surface area contributed by atoms with Crippen LogP contribution in [0, 0.1) is 16.2 Å². The third-order valence-corrected chi connectivity index (χ3v) is 14.3. The molecule has 7 nitrogen and oxygen atoms in total. The Morgan fingerprint density at radius 3 is 0.873 bits per heavy atom. The van der Waals surface area contributed by atoms with Crippen LogP contribution in [-0.4, -0.2) is 94.9 Å². The molecule has 0 amide bonds. The van der Waals surface area contributed by atoms with Crippen molar-refractivity contribution >= 4 is 8.80 Å². The Kier molecular flexibility index (Phi) is 32.7. The minimum Gasteiger partial charge on any atom is -0.396 e. The van der Waals surface area contributed by atoms with Crippen LogP contribution in [-0.2, 0) is 13.3 Å². The molecule has 0 fully saturated rings. The predicted molar refractivity (Wildman–Crippen MR) is 239 cm³/mol. The second-order valence-corrected chi connectivity index (χ2v) is 22.9. The molecule has 55 heavy (non-hydrogen) atoms. The minimum atomic E-state index is -3.25. The number of unbranched alkanes of at least 4 members (excludes halogenated alkanes) is 22. The zero-order valence-corrected chi connectivity index (χ0v) is 39.8. The van der Waals surface area contributed by atoms with Gasteiger partial charge in [0.05, 0.1) is 46.5 Å². The molecule has 0 aromatic carbocycles. The Hall–Kier alpha value is -0.0631. The Morgan fingerprint density at radius 1 is 0.382 bits per heavy atom. The standard InChI is InChI=1S/C47H100NO6Si/c1-10-12-14-16-18-20-21-22-23-24-25-26-27-29-31-33-36-48(9,35-32-30-28-19-17-15-13-11-2)37-34-38-55(52-42-45(3,4)39-49,53-43-46(5,6)40-50)54-44-47(7,8)41-51/h49-51H,10-44H2,1-9H3/q+1. The van der Waals surface area contributed by atoms with Gasteiger partial charge in [0, 0.05) is 48.5 Å². The molecule has 0 heterocycles. The van der Waals surface area contributed by atoms with E-state index < -0.39 is 25.0 Å². The molecular weight excluding hydrogens is 703 g/mol. The summed E-state index contributed by atoms with van der Waals surface area (Å²) in [5.41, 5.74) is -1.30. The van der Waals surface area contributed by atoms with E-state index >= 15 is 0 Å². The third-order valence-electron chi connectivity index (χ3n) is 11.6. The number of hydrogen-bond donors (Lipinski definition) is 3. The Bertz CT molecular complexity index is 805. The van der Waals surface area contributed by atoms with E-state index in [1.165, 1.54) is 167 Å². The average molecular weight is 803 g/mol. The number of hydrogen-bond acceptors (Lipinski definition) is 6. The third kappa shape index (κ3) is 31.5. The lowest BCUT2D eigenvalue weighted by molar-refractivity contribution is -0.910. The normalized spacial score (nSPS) is 14.2. The van der Waals surface area contributed by atoms with E-state index in [9.17, 15) is 15.3 Å². The number of quaternary nitrogens is 1. The summed E-state index contributed by atoms with van der Waals surface area (Å²) in [5.74, 6) is 0. The van der Waals surface area contributed by atoms with Crippen molar-refractivity contribution in [1.29, 1.82) is 0 Å². The van der Waals surface area contributed by atoms with Crippen molar-refractivity contribution in [3.63, 3.8) is 0 Å². The van der Waals surface area contributed by atoms with E-state index in [0.717, 1.165) is 17.4 Å². The van der Waals surface area contributed by atoms with Crippen LogP contribution in [0.4, 0.5) is 0 Å². The average Bonchev–Trinajstić information content (AvgIpc) is 3.16. The molecule has 0 saturated carbocycles. The predicted octanol–water partition coefficient (Wildman–Crippen LogP) is 12.3. The molecule has 0 spiro atoms. The van der Waals surface area contributed by atoms with Gasteiger partial charge in [0.15, 0.2) is 0 Å². The van der Waals surface area contributed by atoms with Crippen LogP contribution < -0.4 is 0 Å². The highest BCUT2D eigenvalue weighted by Crippen LogP contribution is 2.29. The van der Waals surface area contributed by atoms with Crippen LogP contribution in [0.25, 0.3) is 0 Å². The summed E-state index contributed by atoms with van der Waals surface area (Å²) >= 11 is 0. The fourth-order valence-corrected chi connectivity index (χ4v) is 10.2. The van der Waals surface area contributed by atoms with Crippen molar-refractivity contribution in [3.8, 4) is 0 Å². The van der Waals surface area contributed by atoms with Crippen molar-refractivity contribution in [2.24, 2.45) is 16.2 Å². The lowest BCUT2D eigenvalue weighted by Gasteiger charge is -2.39. The van der Waals surface area contributed by atoms with Gasteiger partial charge in [-0.15, -0.1) is 0 Å². The van der Waals surface area contributed by atoms with Gasteiger partial charge >= 0.3 is 8.80 Å². The second kappa shape index (κ2) is 32.7. The van der Waals surface area contributed by atoms with E-state index in [1.807, 2.05) is 41.5 Å². The summed E-state index contributed by atoms with van der Waals surface area (Å²) in [5, 5.41) is 30.2. The van der Waals surface area contributed by atoms with Crippen molar-refractivity contribution in [2.75, 3.05) is 66.3 Å². The highest BCUT2D eigenvalue weighted by atomic mass is 28.4. The molecule has 0 aliphatic rings. The molecule has 0 radical (unpaired) electrons. The zero-order chi connectivity index (χ0) is 41.4. The summed E-state index contributed by atoms with van der Waals surface area (Å²) in [6.07, 6.45) is 33.9. The van der Waals surface area contributed by atoms with Gasteiger partial charge in [-0.25, -0.2) is 0 Å². The van der Waals surface area contributed by atoms with Crippen molar-refractivity contribution < 1.29 is 33.1 Å². The van der Waals surface area contributed by atoms with Gasteiger partial charge < -0.3 is 33.1 Å². The van der Waals surface area contributed by atoms with Crippen LogP contribution in [0.15, 0.2) is 0 Å². The van der Waals surface area contributed by atoms with Gasteiger partial charge in [0.1, 0.15) is 0 Å². The molecule has 0 rings (SSSR count). The molecule has 0 bridgehead atoms. The van der Waals surface area contributed by atoms with Crippen molar-refractivity contribution in [1.82, 2.24) is 0 Å². The highest BCUT2D eigenvalue weighted by Gasteiger charge is 2.45. The van der Waals surface area contributed by atoms with Gasteiger partial charge in [-0.3, -0.25) is 0 Å². The number of nitrogens with zero attached hydrogens (tertiary/aromatic N) is 1. The molecule has 0 aromatic heterocycles. The van der Waals surface area contributed by atoms with E-state index in [2.05, 4.69) is 20.9 Å². The van der Waals surface area contributed by atoms with Gasteiger partial charge in [0.25, 0.3) is 0 Å². The molecule has 0 aliphatic heterocycles. The van der Waals surface area contributed by atoms with E-state index in [1.54, 1.807) is 0 Å². The molecule has 8 heteroatoms. The zero-order valence-electron chi connectivity index (χ0n) is 38.8. The summed E-state index contributed by atoms with van der Waals surface area (Å²) in [4.78, 5) is 0. The summed E-state index contributed by atoms with van der Waals surface area (Å²) < 4.78 is 21.1. The van der Waals surface area contributed by atoms with Crippen molar-refractivity contribution in [2.45, 2.75) is 222 Å². The van der Waals surface area contributed by atoms with Gasteiger partial charge in [-0.2, -0.15) is 0 Å². The Morgan fingerprint density at radius 2 is 0.618 bits per heavy atom. The smallest absolute Gasteiger partial charge is 0.396 e. The Balaban J connectivity index is 5.33. The van der Waals surface area contributed by atoms with Gasteiger partial charge in [-0.1, -0.05) is 184 Å². The molecule has 0 aromatic rings. The molecule has 3 N–H and O–H groups in total. The van der Waals surface area contributed by atoms with Crippen LogP contribution in [0.2, 0.25) is 6.04 Å². The first-order chi connectivity index (χ1) is 26.1. The fourth-order valence-electron chi connectivity index (χ4n) is 7.08. The molecule has 0 saturated heterocycles. The fraction of sp³-hybridized carbons (Fsp3) is 1.00. The van der Waals surface area contributed by atoms with Crippen LogP contribution in [0.3, 0.4) is 0 Å². The first-order valence-electron chi connectivity index (χ1n) is 23.7. The number of rotatable bonds is 42. The van der Waals surface area contributed by atoms with Gasteiger partial charge in [0.2, 0.25) is 0 Å². The van der Waals surface area contributed by atoms with E-state index in [-0.39, 0.29) is 19.8 Å². The summed E-state index contributed by atoms with van der Waals surface area (Å²) in [6.45, 7) is 21.1. The molecular formula is C47H100NO6Si+. The van der Waals surface area contributed by atoms with Crippen LogP contribution in [0.5, 0.6) is 0 Å². The lowest BCUT2D eigenvalue weighted by Crippen LogP contribution is -2.53. The lowest BCUT2D eigenvalue weighted by atomic mass is 9.97. The number of aliphatic hydroxyl groups excluding tert-OH is 3. The molecule has 1 unspecified atom stereocenters. The maximum Gasteiger partial charge on any atom is 0.501 e. The second-order valence-electron chi connectivity index (χ2n) is 20.2. The first kappa shape index (κ1) is 54.9. The molecule has 1 atom stereocenters. The topological polar surface area (TPSA) is 88.4 Å². The maximum atomic E-state index is 10.1. The monoisotopic (exact) mass is 803 g/mol. The van der Waals surface area contributed by atoms with E-state index in [4.69, 9.17) is 13.3 Å². The summed E-state index contributed by atoms with van der Waals surface area (Å²) in [7, 11) is -0.784. The molecule has 332 valence electrons. The van der Waals surface area contributed by atoms with Crippen LogP contribution >= 0.6 is 0 Å². The summed E-state index contributed by atoms with van der Waals surface area (Å²) in [6, 6.07) is 0.682. The largest absolute Gasteiger partial charge is 0.501 e. The Labute approximate surface area is 345 Å². The maximum absolute atomic E-state index is 10.1. The van der Waals surface area contributed by atoms with Gasteiger partial charge in [-0.05, 0) is 25.7 Å².